The fraction of sp³-hybridized carbons (Fsp3) is 0.278. The Balaban J connectivity index is 1.93. The van der Waals surface area contributed by atoms with Gasteiger partial charge in [0.15, 0.2) is 0 Å². The Morgan fingerprint density at radius 3 is 2.60 bits per heavy atom. The van der Waals surface area contributed by atoms with Crippen LogP contribution in [0.2, 0.25) is 0 Å². The molecule has 1 heterocycles. The van der Waals surface area contributed by atoms with Crippen LogP contribution in [0.3, 0.4) is 0 Å². The third kappa shape index (κ3) is 3.93. The van der Waals surface area contributed by atoms with Gasteiger partial charge in [-0.05, 0) is 43.7 Å². The quantitative estimate of drug-likeness (QED) is 0.794. The van der Waals surface area contributed by atoms with Crippen LogP contribution >= 0.6 is 0 Å². The van der Waals surface area contributed by atoms with E-state index in [1.807, 2.05) is 0 Å². The van der Waals surface area contributed by atoms with Crippen LogP contribution in [0.4, 0.5) is 24.5 Å². The Morgan fingerprint density at radius 2 is 1.92 bits per heavy atom. The number of halogens is 3. The van der Waals surface area contributed by atoms with Crippen molar-refractivity contribution in [3.05, 3.63) is 58.9 Å². The summed E-state index contributed by atoms with van der Waals surface area (Å²) >= 11 is 0. The van der Waals surface area contributed by atoms with Gasteiger partial charge in [-0.25, -0.2) is 13.2 Å². The molecule has 0 spiro atoms. The number of hydrogen-bond acceptors (Lipinski definition) is 3. The molecule has 1 unspecified atom stereocenters. The highest BCUT2D eigenvalue weighted by atomic mass is 19.1. The van der Waals surface area contributed by atoms with Gasteiger partial charge in [-0.1, -0.05) is 6.07 Å². The molecule has 2 aromatic carbocycles. The normalized spacial score (nSPS) is 16.7. The number of aryl methyl sites for hydroxylation is 1. The van der Waals surface area contributed by atoms with E-state index in [0.717, 1.165) is 19.0 Å². The van der Waals surface area contributed by atoms with Gasteiger partial charge in [0.25, 0.3) is 5.91 Å². The monoisotopic (exact) mass is 349 g/mol. The van der Waals surface area contributed by atoms with E-state index in [4.69, 9.17) is 0 Å². The van der Waals surface area contributed by atoms with Gasteiger partial charge in [-0.3, -0.25) is 4.79 Å². The zero-order chi connectivity index (χ0) is 18.0. The maximum atomic E-state index is 14.3. The molecule has 1 atom stereocenters. The van der Waals surface area contributed by atoms with Gasteiger partial charge in [-0.15, -0.1) is 0 Å². The first kappa shape index (κ1) is 17.3. The summed E-state index contributed by atoms with van der Waals surface area (Å²) in [6.45, 7) is 3.07. The van der Waals surface area contributed by atoms with E-state index in [0.29, 0.717) is 18.2 Å². The van der Waals surface area contributed by atoms with Crippen molar-refractivity contribution in [3.8, 4) is 0 Å². The van der Waals surface area contributed by atoms with Crippen molar-refractivity contribution in [2.24, 2.45) is 0 Å². The van der Waals surface area contributed by atoms with Gasteiger partial charge < -0.3 is 16.0 Å². The summed E-state index contributed by atoms with van der Waals surface area (Å²) in [5.41, 5.74) is 0.282. The lowest BCUT2D eigenvalue weighted by molar-refractivity contribution is 0.0937. The lowest BCUT2D eigenvalue weighted by Gasteiger charge is -2.16. The largest absolute Gasteiger partial charge is 0.352 e. The molecule has 4 nitrogen and oxygen atoms in total. The van der Waals surface area contributed by atoms with Gasteiger partial charge >= 0.3 is 0 Å². The topological polar surface area (TPSA) is 53.2 Å². The molecular formula is C18H18F3N3O. The molecule has 0 aromatic heterocycles. The second-order valence-electron chi connectivity index (χ2n) is 6.08. The average Bonchev–Trinajstić information content (AvgIpc) is 3.02. The molecule has 3 rings (SSSR count). The SMILES string of the molecule is Cc1ccc(Nc2cc(F)cc(F)c2C(=O)NC2CCNC2)c(F)c1. The molecule has 0 radical (unpaired) electrons. The van der Waals surface area contributed by atoms with Crippen molar-refractivity contribution in [2.75, 3.05) is 18.4 Å². The maximum absolute atomic E-state index is 14.3. The fourth-order valence-electron chi connectivity index (χ4n) is 2.80. The Morgan fingerprint density at radius 1 is 1.12 bits per heavy atom. The molecule has 25 heavy (non-hydrogen) atoms. The number of carbonyl (C=O) groups excluding carboxylic acids is 1. The second kappa shape index (κ2) is 7.14. The number of anilines is 2. The first-order valence-electron chi connectivity index (χ1n) is 7.98. The highest BCUT2D eigenvalue weighted by Gasteiger charge is 2.23. The van der Waals surface area contributed by atoms with E-state index in [9.17, 15) is 18.0 Å². The first-order valence-corrected chi connectivity index (χ1v) is 7.98. The molecule has 1 amide bonds. The molecular weight excluding hydrogens is 331 g/mol. The van der Waals surface area contributed by atoms with Crippen LogP contribution < -0.4 is 16.0 Å². The molecule has 1 saturated heterocycles. The van der Waals surface area contributed by atoms with Crippen molar-refractivity contribution in [2.45, 2.75) is 19.4 Å². The van der Waals surface area contributed by atoms with Crippen LogP contribution in [-0.4, -0.2) is 25.0 Å². The number of benzene rings is 2. The summed E-state index contributed by atoms with van der Waals surface area (Å²) in [6, 6.07) is 5.90. The minimum absolute atomic E-state index is 0.0344. The van der Waals surface area contributed by atoms with Crippen molar-refractivity contribution in [1.82, 2.24) is 10.6 Å². The van der Waals surface area contributed by atoms with E-state index >= 15 is 0 Å². The van der Waals surface area contributed by atoms with Crippen molar-refractivity contribution in [1.29, 1.82) is 0 Å². The van der Waals surface area contributed by atoms with Crippen molar-refractivity contribution < 1.29 is 18.0 Å². The average molecular weight is 349 g/mol. The summed E-state index contributed by atoms with van der Waals surface area (Å²) in [5.74, 6) is -3.10. The lowest BCUT2D eigenvalue weighted by Crippen LogP contribution is -2.37. The third-order valence-corrected chi connectivity index (χ3v) is 4.07. The third-order valence-electron chi connectivity index (χ3n) is 4.07. The molecule has 0 bridgehead atoms. The van der Waals surface area contributed by atoms with Crippen molar-refractivity contribution >= 4 is 17.3 Å². The number of amides is 1. The number of nitrogens with one attached hydrogen (secondary N) is 3. The smallest absolute Gasteiger partial charge is 0.256 e. The van der Waals surface area contributed by atoms with E-state index in [2.05, 4.69) is 16.0 Å². The minimum atomic E-state index is -1.00. The molecule has 1 aliphatic rings. The van der Waals surface area contributed by atoms with Gasteiger partial charge in [0.1, 0.15) is 17.5 Å². The van der Waals surface area contributed by atoms with Crippen LogP contribution in [0.25, 0.3) is 0 Å². The Labute approximate surface area is 143 Å². The van der Waals surface area contributed by atoms with Crippen LogP contribution in [0.1, 0.15) is 22.3 Å². The van der Waals surface area contributed by atoms with Crippen LogP contribution in [0.15, 0.2) is 30.3 Å². The minimum Gasteiger partial charge on any atom is -0.352 e. The summed E-state index contributed by atoms with van der Waals surface area (Å²) in [6.07, 6.45) is 0.726. The van der Waals surface area contributed by atoms with Gasteiger partial charge in [-0.2, -0.15) is 0 Å². The summed E-state index contributed by atoms with van der Waals surface area (Å²) in [5, 5.41) is 8.42. The predicted molar refractivity (Wildman–Crippen MR) is 89.5 cm³/mol. The van der Waals surface area contributed by atoms with E-state index in [1.165, 1.54) is 12.1 Å². The van der Waals surface area contributed by atoms with Crippen molar-refractivity contribution in [3.63, 3.8) is 0 Å². The maximum Gasteiger partial charge on any atom is 0.256 e. The number of rotatable bonds is 4. The predicted octanol–water partition coefficient (Wildman–Crippen LogP) is 3.25. The molecule has 0 aliphatic carbocycles. The molecule has 132 valence electrons. The van der Waals surface area contributed by atoms with Crippen LogP contribution in [-0.2, 0) is 0 Å². The molecule has 1 aliphatic heterocycles. The zero-order valence-electron chi connectivity index (χ0n) is 13.6. The Hall–Kier alpha value is -2.54. The number of hydrogen-bond donors (Lipinski definition) is 3. The molecule has 7 heteroatoms. The first-order chi connectivity index (χ1) is 11.9. The number of carbonyl (C=O) groups is 1. The second-order valence-corrected chi connectivity index (χ2v) is 6.08. The molecule has 3 N–H and O–H groups in total. The zero-order valence-corrected chi connectivity index (χ0v) is 13.6. The molecule has 0 saturated carbocycles. The summed E-state index contributed by atoms with van der Waals surface area (Å²) in [4.78, 5) is 12.4. The van der Waals surface area contributed by atoms with Crippen LogP contribution in [0.5, 0.6) is 0 Å². The summed E-state index contributed by atoms with van der Waals surface area (Å²) < 4.78 is 41.9. The molecule has 2 aromatic rings. The Bertz CT molecular complexity index is 804. The Kier molecular flexibility index (Phi) is 4.94. The standard InChI is InChI=1S/C18H18F3N3O/c1-10-2-3-15(13(20)6-10)24-16-8-11(19)7-14(21)17(16)18(25)23-12-4-5-22-9-12/h2-3,6-8,12,22,24H,4-5,9H2,1H3,(H,23,25). The van der Waals surface area contributed by atoms with Gasteiger partial charge in [0.05, 0.1) is 16.9 Å². The highest BCUT2D eigenvalue weighted by Crippen LogP contribution is 2.27. The fourth-order valence-corrected chi connectivity index (χ4v) is 2.80. The van der Waals surface area contributed by atoms with E-state index in [-0.39, 0.29) is 23.0 Å². The van der Waals surface area contributed by atoms with E-state index < -0.39 is 23.4 Å². The van der Waals surface area contributed by atoms with Gasteiger partial charge in [0.2, 0.25) is 0 Å². The van der Waals surface area contributed by atoms with E-state index in [1.54, 1.807) is 13.0 Å². The lowest BCUT2D eigenvalue weighted by atomic mass is 10.1. The summed E-state index contributed by atoms with van der Waals surface area (Å²) in [7, 11) is 0. The highest BCUT2D eigenvalue weighted by molar-refractivity contribution is 6.00. The van der Waals surface area contributed by atoms with Gasteiger partial charge in [0, 0.05) is 18.7 Å². The van der Waals surface area contributed by atoms with Crippen LogP contribution in [0, 0.1) is 24.4 Å². The molecule has 1 fully saturated rings.